The van der Waals surface area contributed by atoms with Crippen LogP contribution in [0.25, 0.3) is 0 Å². The maximum Gasteiger partial charge on any atom is 0.271 e. The van der Waals surface area contributed by atoms with Crippen LogP contribution in [0.1, 0.15) is 20.7 Å². The number of rotatable bonds is 5. The van der Waals surface area contributed by atoms with E-state index in [9.17, 15) is 19.7 Å². The number of halogens is 4. The number of amides is 2. The second-order valence-electron chi connectivity index (χ2n) is 6.18. The highest BCUT2D eigenvalue weighted by Crippen LogP contribution is 2.28. The Hall–Kier alpha value is -2.84. The van der Waals surface area contributed by atoms with E-state index >= 15 is 0 Å². The van der Waals surface area contributed by atoms with Gasteiger partial charge in [-0.2, -0.15) is 0 Å². The molecule has 7 nitrogen and oxygen atoms in total. The van der Waals surface area contributed by atoms with Gasteiger partial charge >= 0.3 is 0 Å². The fourth-order valence-electron chi connectivity index (χ4n) is 2.55. The molecule has 0 atom stereocenters. The average molecular weight is 499 g/mol. The molecule has 0 aromatic heterocycles. The lowest BCUT2D eigenvalue weighted by Gasteiger charge is -2.10. The molecule has 11 heteroatoms. The van der Waals surface area contributed by atoms with Crippen molar-refractivity contribution in [1.29, 1.82) is 0 Å². The van der Waals surface area contributed by atoms with Crippen LogP contribution in [0.2, 0.25) is 20.1 Å². The van der Waals surface area contributed by atoms with E-state index in [1.807, 2.05) is 0 Å². The van der Waals surface area contributed by atoms with Gasteiger partial charge in [0.05, 0.1) is 26.3 Å². The zero-order valence-corrected chi connectivity index (χ0v) is 18.3. The number of nitro benzene ring substituents is 1. The quantitative estimate of drug-likeness (QED) is 0.301. The Balaban J connectivity index is 1.92. The minimum Gasteiger partial charge on any atom is -0.321 e. The molecule has 0 fully saturated rings. The molecule has 0 aliphatic rings. The summed E-state index contributed by atoms with van der Waals surface area (Å²) >= 11 is 23.8. The Morgan fingerprint density at radius 3 is 1.48 bits per heavy atom. The van der Waals surface area contributed by atoms with Crippen molar-refractivity contribution in [3.05, 3.63) is 95.9 Å². The van der Waals surface area contributed by atoms with Gasteiger partial charge in [-0.3, -0.25) is 19.7 Å². The third kappa shape index (κ3) is 5.65. The van der Waals surface area contributed by atoms with Crippen LogP contribution in [0, 0.1) is 10.1 Å². The van der Waals surface area contributed by atoms with Gasteiger partial charge in [-0.05, 0) is 42.5 Å². The summed E-state index contributed by atoms with van der Waals surface area (Å²) in [5.74, 6) is -1.40. The number of nitrogens with one attached hydrogen (secondary N) is 2. The number of hydrogen-bond donors (Lipinski definition) is 2. The molecular weight excluding hydrogens is 488 g/mol. The Morgan fingerprint density at radius 2 is 1.13 bits per heavy atom. The van der Waals surface area contributed by atoms with Crippen molar-refractivity contribution in [3.63, 3.8) is 0 Å². The molecule has 0 spiro atoms. The standard InChI is InChI=1S/C20H11Cl4N3O4/c21-12-1-3-17(15(23)8-12)25-19(28)10-5-11(7-14(6-10)27(30)31)20(29)26-18-4-2-13(22)9-16(18)24/h1-9H,(H,25,28)(H,26,29). The van der Waals surface area contributed by atoms with Crippen LogP contribution in [0.15, 0.2) is 54.6 Å². The molecule has 0 radical (unpaired) electrons. The number of nitrogens with zero attached hydrogens (tertiary/aromatic N) is 1. The van der Waals surface area contributed by atoms with E-state index in [0.717, 1.165) is 12.1 Å². The molecule has 0 aliphatic heterocycles. The van der Waals surface area contributed by atoms with Crippen molar-refractivity contribution in [1.82, 2.24) is 0 Å². The highest BCUT2D eigenvalue weighted by Gasteiger charge is 2.19. The van der Waals surface area contributed by atoms with Crippen LogP contribution in [-0.4, -0.2) is 16.7 Å². The van der Waals surface area contributed by atoms with E-state index in [4.69, 9.17) is 46.4 Å². The number of anilines is 2. The van der Waals surface area contributed by atoms with E-state index in [1.165, 1.54) is 42.5 Å². The third-order valence-corrected chi connectivity index (χ3v) is 5.11. The number of hydrogen-bond acceptors (Lipinski definition) is 4. The van der Waals surface area contributed by atoms with Crippen molar-refractivity contribution >= 4 is 75.3 Å². The van der Waals surface area contributed by atoms with E-state index in [-0.39, 0.29) is 32.5 Å². The molecule has 2 amide bonds. The Kier molecular flexibility index (Phi) is 7.02. The van der Waals surface area contributed by atoms with E-state index < -0.39 is 22.4 Å². The van der Waals surface area contributed by atoms with Gasteiger partial charge in [-0.1, -0.05) is 46.4 Å². The second-order valence-corrected chi connectivity index (χ2v) is 7.87. The number of non-ortho nitro benzene ring substituents is 1. The van der Waals surface area contributed by atoms with Crippen molar-refractivity contribution in [2.24, 2.45) is 0 Å². The molecular formula is C20H11Cl4N3O4. The van der Waals surface area contributed by atoms with Crippen LogP contribution < -0.4 is 10.6 Å². The SMILES string of the molecule is O=C(Nc1ccc(Cl)cc1Cl)c1cc(C(=O)Nc2ccc(Cl)cc2Cl)cc([N+](=O)[O-])c1. The van der Waals surface area contributed by atoms with Crippen molar-refractivity contribution < 1.29 is 14.5 Å². The monoisotopic (exact) mass is 497 g/mol. The minimum absolute atomic E-state index is 0.118. The van der Waals surface area contributed by atoms with Crippen molar-refractivity contribution in [3.8, 4) is 0 Å². The summed E-state index contributed by atoms with van der Waals surface area (Å²) in [5.41, 5.74) is -0.176. The Bertz CT molecular complexity index is 1130. The summed E-state index contributed by atoms with van der Waals surface area (Å²) in [7, 11) is 0. The molecule has 3 rings (SSSR count). The predicted octanol–water partition coefficient (Wildman–Crippen LogP) is 6.71. The van der Waals surface area contributed by atoms with Crippen LogP contribution in [0.4, 0.5) is 17.1 Å². The molecule has 0 saturated carbocycles. The summed E-state index contributed by atoms with van der Waals surface area (Å²) in [6.07, 6.45) is 0. The fourth-order valence-corrected chi connectivity index (χ4v) is 3.46. The molecule has 31 heavy (non-hydrogen) atoms. The zero-order chi connectivity index (χ0) is 22.7. The Morgan fingerprint density at radius 1 is 0.710 bits per heavy atom. The third-order valence-electron chi connectivity index (χ3n) is 4.01. The maximum absolute atomic E-state index is 12.7. The second kappa shape index (κ2) is 9.53. The predicted molar refractivity (Wildman–Crippen MR) is 122 cm³/mol. The van der Waals surface area contributed by atoms with E-state index in [0.29, 0.717) is 10.0 Å². The smallest absolute Gasteiger partial charge is 0.271 e. The lowest BCUT2D eigenvalue weighted by atomic mass is 10.1. The highest BCUT2D eigenvalue weighted by molar-refractivity contribution is 6.37. The summed E-state index contributed by atoms with van der Waals surface area (Å²) < 4.78 is 0. The van der Waals surface area contributed by atoms with Crippen molar-refractivity contribution in [2.75, 3.05) is 10.6 Å². The lowest BCUT2D eigenvalue weighted by molar-refractivity contribution is -0.384. The van der Waals surface area contributed by atoms with Gasteiger partial charge in [0.1, 0.15) is 0 Å². The van der Waals surface area contributed by atoms with E-state index in [1.54, 1.807) is 0 Å². The number of carbonyl (C=O) groups is 2. The van der Waals surface area contributed by atoms with E-state index in [2.05, 4.69) is 10.6 Å². The normalized spacial score (nSPS) is 10.5. The summed E-state index contributed by atoms with van der Waals surface area (Å²) in [6, 6.07) is 12.2. The summed E-state index contributed by atoms with van der Waals surface area (Å²) in [6.45, 7) is 0. The Labute approximate surface area is 196 Å². The number of benzene rings is 3. The fraction of sp³-hybridized carbons (Fsp3) is 0. The van der Waals surface area contributed by atoms with Crippen LogP contribution in [0.5, 0.6) is 0 Å². The number of carbonyl (C=O) groups excluding carboxylic acids is 2. The van der Waals surface area contributed by atoms with Crippen LogP contribution in [-0.2, 0) is 0 Å². The zero-order valence-electron chi connectivity index (χ0n) is 15.3. The first kappa shape index (κ1) is 22.8. The molecule has 3 aromatic rings. The van der Waals surface area contributed by atoms with Crippen molar-refractivity contribution in [2.45, 2.75) is 0 Å². The average Bonchev–Trinajstić information content (AvgIpc) is 2.71. The first-order valence-corrected chi connectivity index (χ1v) is 9.97. The maximum atomic E-state index is 12.7. The minimum atomic E-state index is -0.710. The largest absolute Gasteiger partial charge is 0.321 e. The van der Waals surface area contributed by atoms with Gasteiger partial charge in [0.2, 0.25) is 0 Å². The first-order chi connectivity index (χ1) is 14.6. The topological polar surface area (TPSA) is 101 Å². The van der Waals surface area contributed by atoms with Crippen LogP contribution in [0.3, 0.4) is 0 Å². The van der Waals surface area contributed by atoms with Gasteiger partial charge < -0.3 is 10.6 Å². The molecule has 158 valence electrons. The lowest BCUT2D eigenvalue weighted by Crippen LogP contribution is -2.16. The van der Waals surface area contributed by atoms with Gasteiger partial charge in [-0.25, -0.2) is 0 Å². The molecule has 0 bridgehead atoms. The molecule has 0 heterocycles. The molecule has 2 N–H and O–H groups in total. The van der Waals surface area contributed by atoms with Gasteiger partial charge in [-0.15, -0.1) is 0 Å². The highest BCUT2D eigenvalue weighted by atomic mass is 35.5. The van der Waals surface area contributed by atoms with Gasteiger partial charge in [0.15, 0.2) is 0 Å². The molecule has 0 unspecified atom stereocenters. The first-order valence-electron chi connectivity index (χ1n) is 8.46. The summed E-state index contributed by atoms with van der Waals surface area (Å²) in [4.78, 5) is 35.9. The van der Waals surface area contributed by atoms with Crippen LogP contribution >= 0.6 is 46.4 Å². The molecule has 0 saturated heterocycles. The summed E-state index contributed by atoms with van der Waals surface area (Å²) in [5, 5.41) is 17.5. The van der Waals surface area contributed by atoms with Gasteiger partial charge in [0.25, 0.3) is 17.5 Å². The number of nitro groups is 1. The van der Waals surface area contributed by atoms with Gasteiger partial charge in [0, 0.05) is 33.3 Å². The molecule has 0 aliphatic carbocycles. The molecule has 3 aromatic carbocycles.